The Labute approximate surface area is 142 Å². The van der Waals surface area contributed by atoms with Crippen molar-refractivity contribution in [3.8, 4) is 5.75 Å². The van der Waals surface area contributed by atoms with E-state index in [4.69, 9.17) is 4.74 Å². The summed E-state index contributed by atoms with van der Waals surface area (Å²) >= 11 is 0. The Morgan fingerprint density at radius 3 is 2.75 bits per heavy atom. The van der Waals surface area contributed by atoms with Gasteiger partial charge in [0, 0.05) is 37.6 Å². The Kier molecular flexibility index (Phi) is 3.98. The van der Waals surface area contributed by atoms with E-state index in [1.807, 2.05) is 17.9 Å². The number of benzene rings is 2. The maximum atomic E-state index is 5.51. The number of ether oxygens (including phenoxy) is 1. The molecule has 1 aliphatic heterocycles. The van der Waals surface area contributed by atoms with Crippen LogP contribution >= 0.6 is 0 Å². The number of aryl methyl sites for hydroxylation is 1. The minimum absolute atomic E-state index is 0.600. The lowest BCUT2D eigenvalue weighted by Crippen LogP contribution is -2.19. The number of methoxy groups -OCH3 is 1. The van der Waals surface area contributed by atoms with Gasteiger partial charge in [0.05, 0.1) is 13.3 Å². The van der Waals surface area contributed by atoms with Crippen molar-refractivity contribution in [1.29, 1.82) is 0 Å². The molecule has 1 saturated heterocycles. The van der Waals surface area contributed by atoms with E-state index in [9.17, 15) is 0 Å². The minimum atomic E-state index is 0.600. The molecule has 4 rings (SSSR count). The summed E-state index contributed by atoms with van der Waals surface area (Å²) in [6, 6.07) is 12.8. The van der Waals surface area contributed by atoms with E-state index >= 15 is 0 Å². The maximum absolute atomic E-state index is 5.51. The summed E-state index contributed by atoms with van der Waals surface area (Å²) in [4.78, 5) is 2.55. The third-order valence-electron chi connectivity index (χ3n) is 5.06. The number of rotatable bonds is 4. The Morgan fingerprint density at radius 1 is 1.17 bits per heavy atom. The first-order chi connectivity index (χ1) is 11.7. The van der Waals surface area contributed by atoms with Crippen LogP contribution in [-0.4, -0.2) is 34.9 Å². The van der Waals surface area contributed by atoms with Gasteiger partial charge in [-0.3, -0.25) is 9.58 Å². The molecule has 1 aliphatic rings. The molecule has 4 nitrogen and oxygen atoms in total. The molecular weight excluding hydrogens is 298 g/mol. The summed E-state index contributed by atoms with van der Waals surface area (Å²) in [6.07, 6.45) is 5.37. The van der Waals surface area contributed by atoms with Gasteiger partial charge in [-0.15, -0.1) is 0 Å². The molecule has 1 fully saturated rings. The lowest BCUT2D eigenvalue weighted by Gasteiger charge is -2.18. The molecule has 0 bridgehead atoms. The van der Waals surface area contributed by atoms with Crippen molar-refractivity contribution in [2.45, 2.75) is 18.9 Å². The van der Waals surface area contributed by atoms with Crippen LogP contribution in [0.5, 0.6) is 5.75 Å². The zero-order chi connectivity index (χ0) is 16.5. The van der Waals surface area contributed by atoms with E-state index in [1.54, 1.807) is 7.11 Å². The Morgan fingerprint density at radius 2 is 2.00 bits per heavy atom. The molecule has 3 aromatic rings. The maximum Gasteiger partial charge on any atom is 0.126 e. The summed E-state index contributed by atoms with van der Waals surface area (Å²) in [5, 5.41) is 6.80. The summed E-state index contributed by atoms with van der Waals surface area (Å²) in [5.74, 6) is 1.55. The molecule has 4 heteroatoms. The van der Waals surface area contributed by atoms with Crippen LogP contribution in [0.15, 0.2) is 48.8 Å². The average molecular weight is 321 g/mol. The van der Waals surface area contributed by atoms with Crippen molar-refractivity contribution in [3.63, 3.8) is 0 Å². The van der Waals surface area contributed by atoms with E-state index in [1.165, 1.54) is 28.3 Å². The fourth-order valence-corrected chi connectivity index (χ4v) is 3.79. The lowest BCUT2D eigenvalue weighted by atomic mass is 10.0. The zero-order valence-corrected chi connectivity index (χ0v) is 14.3. The van der Waals surface area contributed by atoms with E-state index in [-0.39, 0.29) is 0 Å². The standard InChI is InChI=1S/C20H23N3O/c1-22-12-17(11-21-22)15-9-10-23(13-15)14-16-7-8-20(24-2)19-6-4-3-5-18(16)19/h3-8,11-12,15H,9-10,13-14H2,1-2H3. The SMILES string of the molecule is COc1ccc(CN2CCC(c3cnn(C)c3)C2)c2ccccc12. The van der Waals surface area contributed by atoms with Gasteiger partial charge < -0.3 is 4.74 Å². The molecule has 0 saturated carbocycles. The molecule has 0 amide bonds. The van der Waals surface area contributed by atoms with E-state index < -0.39 is 0 Å². The number of nitrogens with zero attached hydrogens (tertiary/aromatic N) is 3. The molecular formula is C20H23N3O. The van der Waals surface area contributed by atoms with Crippen LogP contribution in [0.25, 0.3) is 10.8 Å². The first-order valence-electron chi connectivity index (χ1n) is 8.50. The van der Waals surface area contributed by atoms with E-state index in [2.05, 4.69) is 52.6 Å². The molecule has 0 N–H and O–H groups in total. The molecule has 0 aliphatic carbocycles. The minimum Gasteiger partial charge on any atom is -0.496 e. The Balaban J connectivity index is 1.55. The Hall–Kier alpha value is -2.33. The quantitative estimate of drug-likeness (QED) is 0.736. The molecule has 124 valence electrons. The van der Waals surface area contributed by atoms with Gasteiger partial charge in [-0.1, -0.05) is 30.3 Å². The van der Waals surface area contributed by atoms with Crippen LogP contribution in [0.3, 0.4) is 0 Å². The van der Waals surface area contributed by atoms with Gasteiger partial charge in [0.2, 0.25) is 0 Å². The molecule has 2 aromatic carbocycles. The Bertz CT molecular complexity index is 855. The monoisotopic (exact) mass is 321 g/mol. The van der Waals surface area contributed by atoms with Crippen LogP contribution in [0.1, 0.15) is 23.5 Å². The predicted molar refractivity (Wildman–Crippen MR) is 96.3 cm³/mol. The second-order valence-electron chi connectivity index (χ2n) is 6.64. The predicted octanol–water partition coefficient (Wildman–Crippen LogP) is 3.57. The van der Waals surface area contributed by atoms with Crippen molar-refractivity contribution in [3.05, 3.63) is 59.9 Å². The normalized spacial score (nSPS) is 18.3. The van der Waals surface area contributed by atoms with Crippen LogP contribution < -0.4 is 4.74 Å². The van der Waals surface area contributed by atoms with E-state index in [0.29, 0.717) is 5.92 Å². The second-order valence-corrected chi connectivity index (χ2v) is 6.64. The summed E-state index contributed by atoms with van der Waals surface area (Å²) in [6.45, 7) is 3.23. The molecule has 0 radical (unpaired) electrons. The van der Waals surface area contributed by atoms with Gasteiger partial charge in [-0.25, -0.2) is 0 Å². The number of aromatic nitrogens is 2. The van der Waals surface area contributed by atoms with Gasteiger partial charge in [0.15, 0.2) is 0 Å². The van der Waals surface area contributed by atoms with Crippen molar-refractivity contribution in [1.82, 2.24) is 14.7 Å². The zero-order valence-electron chi connectivity index (χ0n) is 14.3. The summed E-state index contributed by atoms with van der Waals surface area (Å²) in [5.41, 5.74) is 2.73. The van der Waals surface area contributed by atoms with Crippen molar-refractivity contribution >= 4 is 10.8 Å². The van der Waals surface area contributed by atoms with Gasteiger partial charge in [-0.05, 0) is 35.5 Å². The van der Waals surface area contributed by atoms with Crippen molar-refractivity contribution in [2.75, 3.05) is 20.2 Å². The third kappa shape index (κ3) is 2.78. The average Bonchev–Trinajstić information content (AvgIpc) is 3.24. The van der Waals surface area contributed by atoms with Crippen LogP contribution in [-0.2, 0) is 13.6 Å². The number of fused-ring (bicyclic) bond motifs is 1. The van der Waals surface area contributed by atoms with E-state index in [0.717, 1.165) is 25.4 Å². The molecule has 24 heavy (non-hydrogen) atoms. The molecule has 1 aromatic heterocycles. The van der Waals surface area contributed by atoms with Crippen molar-refractivity contribution < 1.29 is 4.74 Å². The first kappa shape index (κ1) is 15.2. The lowest BCUT2D eigenvalue weighted by molar-refractivity contribution is 0.328. The van der Waals surface area contributed by atoms with Crippen LogP contribution in [0.4, 0.5) is 0 Å². The highest BCUT2D eigenvalue weighted by Gasteiger charge is 2.25. The number of hydrogen-bond donors (Lipinski definition) is 0. The molecule has 0 spiro atoms. The topological polar surface area (TPSA) is 30.3 Å². The van der Waals surface area contributed by atoms with Crippen LogP contribution in [0, 0.1) is 0 Å². The number of likely N-dealkylation sites (tertiary alicyclic amines) is 1. The third-order valence-corrected chi connectivity index (χ3v) is 5.06. The summed E-state index contributed by atoms with van der Waals surface area (Å²) in [7, 11) is 3.72. The van der Waals surface area contributed by atoms with Crippen LogP contribution in [0.2, 0.25) is 0 Å². The number of hydrogen-bond acceptors (Lipinski definition) is 3. The molecule has 2 heterocycles. The highest BCUT2D eigenvalue weighted by molar-refractivity contribution is 5.91. The van der Waals surface area contributed by atoms with Gasteiger partial charge >= 0.3 is 0 Å². The van der Waals surface area contributed by atoms with Crippen molar-refractivity contribution in [2.24, 2.45) is 7.05 Å². The van der Waals surface area contributed by atoms with Gasteiger partial charge in [0.1, 0.15) is 5.75 Å². The van der Waals surface area contributed by atoms with Gasteiger partial charge in [-0.2, -0.15) is 5.10 Å². The first-order valence-corrected chi connectivity index (χ1v) is 8.50. The highest BCUT2D eigenvalue weighted by Crippen LogP contribution is 2.32. The fraction of sp³-hybridized carbons (Fsp3) is 0.350. The smallest absolute Gasteiger partial charge is 0.126 e. The highest BCUT2D eigenvalue weighted by atomic mass is 16.5. The fourth-order valence-electron chi connectivity index (χ4n) is 3.79. The largest absolute Gasteiger partial charge is 0.496 e. The second kappa shape index (κ2) is 6.29. The summed E-state index contributed by atoms with van der Waals surface area (Å²) < 4.78 is 7.40. The molecule has 1 atom stereocenters. The van der Waals surface area contributed by atoms with Gasteiger partial charge in [0.25, 0.3) is 0 Å². The molecule has 1 unspecified atom stereocenters.